The van der Waals surface area contributed by atoms with Gasteiger partial charge in [-0.3, -0.25) is 0 Å². The maximum atomic E-state index is 6.20. The monoisotopic (exact) mass is 404 g/mol. The molecular formula is C19H17ClN2O4S. The van der Waals surface area contributed by atoms with Crippen LogP contribution in [-0.4, -0.2) is 23.6 Å². The van der Waals surface area contributed by atoms with Gasteiger partial charge in [0.2, 0.25) is 5.89 Å². The van der Waals surface area contributed by atoms with Crippen LogP contribution in [0, 0.1) is 0 Å². The smallest absolute Gasteiger partial charge is 0.277 e. The topological polar surface area (TPSA) is 66.6 Å². The van der Waals surface area contributed by atoms with Crippen molar-refractivity contribution in [3.8, 4) is 23.0 Å². The molecule has 27 heavy (non-hydrogen) atoms. The normalized spacial score (nSPS) is 13.1. The first-order valence-electron chi connectivity index (χ1n) is 8.44. The molecular weight excluding hydrogens is 388 g/mol. The van der Waals surface area contributed by atoms with Gasteiger partial charge < -0.3 is 18.6 Å². The van der Waals surface area contributed by atoms with Crippen LogP contribution in [-0.2, 0) is 17.1 Å². The van der Waals surface area contributed by atoms with Crippen LogP contribution in [0.25, 0.3) is 11.5 Å². The lowest BCUT2D eigenvalue weighted by atomic mass is 10.1. The number of nitrogens with zero attached hydrogens (tertiary/aromatic N) is 2. The molecule has 3 aromatic rings. The van der Waals surface area contributed by atoms with Crippen molar-refractivity contribution >= 4 is 23.4 Å². The van der Waals surface area contributed by atoms with E-state index in [0.717, 1.165) is 28.2 Å². The predicted octanol–water partition coefficient (Wildman–Crippen LogP) is 4.95. The summed E-state index contributed by atoms with van der Waals surface area (Å²) < 4.78 is 22.1. The van der Waals surface area contributed by atoms with Crippen molar-refractivity contribution in [1.82, 2.24) is 10.2 Å². The fourth-order valence-electron chi connectivity index (χ4n) is 2.75. The number of hydrogen-bond acceptors (Lipinski definition) is 7. The average molecular weight is 405 g/mol. The second kappa shape index (κ2) is 8.21. The first kappa shape index (κ1) is 18.2. The Labute approximate surface area is 165 Å². The van der Waals surface area contributed by atoms with Crippen molar-refractivity contribution in [1.29, 1.82) is 0 Å². The molecule has 6 nitrogen and oxygen atoms in total. The number of rotatable bonds is 6. The zero-order valence-electron chi connectivity index (χ0n) is 14.6. The molecule has 2 aromatic carbocycles. The molecule has 0 unspecified atom stereocenters. The Kier molecular flexibility index (Phi) is 5.52. The Morgan fingerprint density at radius 3 is 2.85 bits per heavy atom. The fourth-order valence-corrected chi connectivity index (χ4v) is 3.74. The van der Waals surface area contributed by atoms with Gasteiger partial charge in [0.1, 0.15) is 11.5 Å². The molecule has 140 valence electrons. The van der Waals surface area contributed by atoms with Gasteiger partial charge in [0.15, 0.2) is 6.79 Å². The molecule has 1 aliphatic heterocycles. The Hall–Kier alpha value is -2.22. The van der Waals surface area contributed by atoms with E-state index in [4.69, 9.17) is 30.2 Å². The maximum Gasteiger partial charge on any atom is 0.277 e. The summed E-state index contributed by atoms with van der Waals surface area (Å²) in [6, 6.07) is 11.3. The van der Waals surface area contributed by atoms with E-state index in [2.05, 4.69) is 10.2 Å². The Morgan fingerprint density at radius 2 is 2.04 bits per heavy atom. The van der Waals surface area contributed by atoms with Crippen LogP contribution in [0.15, 0.2) is 46.0 Å². The van der Waals surface area contributed by atoms with Crippen molar-refractivity contribution in [2.24, 2.45) is 0 Å². The quantitative estimate of drug-likeness (QED) is 0.538. The van der Waals surface area contributed by atoms with E-state index >= 15 is 0 Å². The lowest BCUT2D eigenvalue weighted by molar-refractivity contribution is -0.0168. The highest BCUT2D eigenvalue weighted by Gasteiger charge is 2.18. The summed E-state index contributed by atoms with van der Waals surface area (Å²) in [5.41, 5.74) is 2.77. The van der Waals surface area contributed by atoms with Crippen LogP contribution in [0.5, 0.6) is 11.5 Å². The van der Waals surface area contributed by atoms with E-state index in [-0.39, 0.29) is 6.79 Å². The molecule has 0 atom stereocenters. The number of ether oxygens (including phenoxy) is 3. The number of hydrogen-bond donors (Lipinski definition) is 0. The zero-order chi connectivity index (χ0) is 18.6. The van der Waals surface area contributed by atoms with Gasteiger partial charge in [-0.2, -0.15) is 0 Å². The van der Waals surface area contributed by atoms with Crippen LogP contribution in [0.4, 0.5) is 0 Å². The molecule has 0 fully saturated rings. The highest BCUT2D eigenvalue weighted by atomic mass is 35.5. The summed E-state index contributed by atoms with van der Waals surface area (Å²) in [5, 5.41) is 9.38. The van der Waals surface area contributed by atoms with Gasteiger partial charge in [-0.15, -0.1) is 10.2 Å². The van der Waals surface area contributed by atoms with E-state index in [9.17, 15) is 0 Å². The van der Waals surface area contributed by atoms with Crippen LogP contribution in [0.3, 0.4) is 0 Å². The van der Waals surface area contributed by atoms with Gasteiger partial charge in [0, 0.05) is 27.5 Å². The van der Waals surface area contributed by atoms with Crippen LogP contribution >= 0.6 is 23.4 Å². The highest BCUT2D eigenvalue weighted by molar-refractivity contribution is 7.98. The van der Waals surface area contributed by atoms with Gasteiger partial charge >= 0.3 is 0 Å². The third-order valence-electron chi connectivity index (χ3n) is 3.92. The second-order valence-corrected chi connectivity index (χ2v) is 7.15. The number of aromatic nitrogens is 2. The molecule has 8 heteroatoms. The second-order valence-electron chi connectivity index (χ2n) is 5.78. The number of fused-ring (bicyclic) bond motifs is 1. The third-order valence-corrected chi connectivity index (χ3v) is 5.01. The van der Waals surface area contributed by atoms with Gasteiger partial charge in [-0.05, 0) is 43.3 Å². The van der Waals surface area contributed by atoms with Crippen molar-refractivity contribution in [3.63, 3.8) is 0 Å². The van der Waals surface area contributed by atoms with Crippen molar-refractivity contribution in [3.05, 3.63) is 52.5 Å². The molecule has 0 spiro atoms. The first-order valence-corrected chi connectivity index (χ1v) is 9.80. The van der Waals surface area contributed by atoms with E-state index < -0.39 is 0 Å². The van der Waals surface area contributed by atoms with Gasteiger partial charge in [0.25, 0.3) is 5.22 Å². The molecule has 1 aromatic heterocycles. The summed E-state index contributed by atoms with van der Waals surface area (Å²) in [6.07, 6.45) is 0. The lowest BCUT2D eigenvalue weighted by Gasteiger charge is -2.20. The molecule has 0 radical (unpaired) electrons. The number of thioether (sulfide) groups is 1. The van der Waals surface area contributed by atoms with E-state index in [1.165, 1.54) is 11.8 Å². The standard InChI is InChI=1S/C19H17ClN2O4S/c1-2-24-16-5-3-12(4-6-16)18-21-22-19(26-18)27-10-14-8-15(20)7-13-9-23-11-25-17(13)14/h3-8H,2,9-11H2,1H3. The first-order chi connectivity index (χ1) is 13.2. The predicted molar refractivity (Wildman–Crippen MR) is 102 cm³/mol. The zero-order valence-corrected chi connectivity index (χ0v) is 16.2. The Morgan fingerprint density at radius 1 is 1.19 bits per heavy atom. The Bertz CT molecular complexity index is 930. The average Bonchev–Trinajstić information content (AvgIpc) is 3.16. The highest BCUT2D eigenvalue weighted by Crippen LogP contribution is 2.35. The lowest BCUT2D eigenvalue weighted by Crippen LogP contribution is -2.12. The van der Waals surface area contributed by atoms with Crippen molar-refractivity contribution in [2.75, 3.05) is 13.4 Å². The minimum absolute atomic E-state index is 0.245. The molecule has 0 bridgehead atoms. The Balaban J connectivity index is 1.46. The number of halogens is 1. The van der Waals surface area contributed by atoms with Gasteiger partial charge in [-0.1, -0.05) is 23.4 Å². The summed E-state index contributed by atoms with van der Waals surface area (Å²) >= 11 is 7.64. The summed E-state index contributed by atoms with van der Waals surface area (Å²) in [4.78, 5) is 0. The van der Waals surface area contributed by atoms with Gasteiger partial charge in [-0.25, -0.2) is 0 Å². The fraction of sp³-hybridized carbons (Fsp3) is 0.263. The summed E-state index contributed by atoms with van der Waals surface area (Å²) in [7, 11) is 0. The summed E-state index contributed by atoms with van der Waals surface area (Å²) in [5.74, 6) is 2.71. The largest absolute Gasteiger partial charge is 0.494 e. The van der Waals surface area contributed by atoms with Crippen molar-refractivity contribution < 1.29 is 18.6 Å². The van der Waals surface area contributed by atoms with E-state index in [1.54, 1.807) is 0 Å². The molecule has 4 rings (SSSR count). The van der Waals surface area contributed by atoms with Crippen molar-refractivity contribution in [2.45, 2.75) is 24.5 Å². The molecule has 0 saturated heterocycles. The minimum Gasteiger partial charge on any atom is -0.494 e. The molecule has 2 heterocycles. The minimum atomic E-state index is 0.245. The SMILES string of the molecule is CCOc1ccc(-c2nnc(SCc3cc(Cl)cc4c3OCOC4)o2)cc1. The van der Waals surface area contributed by atoms with E-state index in [1.807, 2.05) is 43.3 Å². The molecule has 0 saturated carbocycles. The van der Waals surface area contributed by atoms with Crippen LogP contribution < -0.4 is 9.47 Å². The molecule has 0 amide bonds. The molecule has 0 N–H and O–H groups in total. The van der Waals surface area contributed by atoms with Crippen LogP contribution in [0.1, 0.15) is 18.1 Å². The maximum absolute atomic E-state index is 6.20. The van der Waals surface area contributed by atoms with Crippen LogP contribution in [0.2, 0.25) is 5.02 Å². The van der Waals surface area contributed by atoms with E-state index in [0.29, 0.717) is 35.1 Å². The molecule has 0 aliphatic carbocycles. The molecule has 1 aliphatic rings. The number of benzene rings is 2. The van der Waals surface area contributed by atoms with Gasteiger partial charge in [0.05, 0.1) is 13.2 Å². The third kappa shape index (κ3) is 4.21. The summed E-state index contributed by atoms with van der Waals surface area (Å²) in [6.45, 7) is 3.32.